The number of unbranched alkanes of at least 4 members (excludes halogenated alkanes) is 3. The summed E-state index contributed by atoms with van der Waals surface area (Å²) in [5.41, 5.74) is 3.62. The van der Waals surface area contributed by atoms with Crippen LogP contribution < -0.4 is 5.32 Å². The molecule has 1 N–H and O–H groups in total. The van der Waals surface area contributed by atoms with Crippen molar-refractivity contribution >= 4 is 21.7 Å². The Morgan fingerprint density at radius 2 is 1.59 bits per heavy atom. The van der Waals surface area contributed by atoms with Crippen LogP contribution in [0.15, 0.2) is 66.7 Å². The zero-order valence-corrected chi connectivity index (χ0v) is 20.8. The highest BCUT2D eigenvalue weighted by Crippen LogP contribution is 2.21. The van der Waals surface area contributed by atoms with Crippen LogP contribution in [0.4, 0.5) is 0 Å². The molecule has 34 heavy (non-hydrogen) atoms. The van der Waals surface area contributed by atoms with Crippen LogP contribution in [0.3, 0.4) is 0 Å². The highest BCUT2D eigenvalue weighted by atomic mass is 15.1. The van der Waals surface area contributed by atoms with Crippen molar-refractivity contribution in [3.8, 4) is 0 Å². The van der Waals surface area contributed by atoms with Gasteiger partial charge in [0, 0.05) is 11.9 Å². The molecule has 0 saturated heterocycles. The van der Waals surface area contributed by atoms with Crippen LogP contribution in [0, 0.1) is 0 Å². The van der Waals surface area contributed by atoms with Crippen molar-refractivity contribution < 1.29 is 0 Å². The van der Waals surface area contributed by atoms with Crippen molar-refractivity contribution in [2.24, 2.45) is 0 Å². The van der Waals surface area contributed by atoms with E-state index >= 15 is 0 Å². The molecule has 4 rings (SSSR count). The second-order valence-electron chi connectivity index (χ2n) is 9.26. The number of aryl methyl sites for hydroxylation is 1. The van der Waals surface area contributed by atoms with E-state index in [9.17, 15) is 0 Å². The molecule has 0 aliphatic rings. The van der Waals surface area contributed by atoms with Crippen LogP contribution in [-0.2, 0) is 19.5 Å². The molecule has 4 nitrogen and oxygen atoms in total. The minimum atomic E-state index is 0.778. The number of fused-ring (bicyclic) bond motifs is 2. The van der Waals surface area contributed by atoms with E-state index in [1.54, 1.807) is 0 Å². The molecule has 0 aliphatic heterocycles. The Balaban J connectivity index is 1.49. The van der Waals surface area contributed by atoms with Gasteiger partial charge in [-0.05, 0) is 74.3 Å². The fraction of sp³-hybridized carbons (Fsp3) is 0.400. The summed E-state index contributed by atoms with van der Waals surface area (Å²) in [5, 5.41) is 7.04. The Kier molecular flexibility index (Phi) is 9.00. The summed E-state index contributed by atoms with van der Waals surface area (Å²) in [6.07, 6.45) is 7.08. The van der Waals surface area contributed by atoms with Crippen LogP contribution >= 0.6 is 0 Å². The molecule has 0 aliphatic carbocycles. The average Bonchev–Trinajstić information content (AvgIpc) is 2.86. The number of hydrogen-bond donors (Lipinski definition) is 1. The monoisotopic (exact) mass is 454 g/mol. The van der Waals surface area contributed by atoms with Crippen LogP contribution in [-0.4, -0.2) is 35.0 Å². The molecule has 4 aromatic rings. The first-order valence-corrected chi connectivity index (χ1v) is 12.9. The Morgan fingerprint density at radius 3 is 2.44 bits per heavy atom. The first kappa shape index (κ1) is 24.3. The Morgan fingerprint density at radius 1 is 0.794 bits per heavy atom. The quantitative estimate of drug-likeness (QED) is 0.234. The highest BCUT2D eigenvalue weighted by molar-refractivity contribution is 5.83. The second kappa shape index (κ2) is 12.6. The van der Waals surface area contributed by atoms with Crippen molar-refractivity contribution in [3.05, 3.63) is 83.8 Å². The van der Waals surface area contributed by atoms with Gasteiger partial charge in [0.15, 0.2) is 0 Å². The fourth-order valence-corrected chi connectivity index (χ4v) is 4.73. The summed E-state index contributed by atoms with van der Waals surface area (Å²) in [4.78, 5) is 12.5. The smallest absolute Gasteiger partial charge is 0.143 e. The largest absolute Gasteiger partial charge is 0.320 e. The van der Waals surface area contributed by atoms with E-state index < -0.39 is 0 Å². The van der Waals surface area contributed by atoms with Gasteiger partial charge in [0.1, 0.15) is 5.82 Å². The Hall–Kier alpha value is -2.82. The maximum atomic E-state index is 5.08. The van der Waals surface area contributed by atoms with Gasteiger partial charge in [0.05, 0.1) is 17.8 Å². The van der Waals surface area contributed by atoms with E-state index in [2.05, 4.69) is 83.9 Å². The van der Waals surface area contributed by atoms with Gasteiger partial charge >= 0.3 is 0 Å². The Bertz CT molecular complexity index is 1190. The maximum Gasteiger partial charge on any atom is 0.143 e. The van der Waals surface area contributed by atoms with Crippen molar-refractivity contribution in [2.45, 2.75) is 58.5 Å². The number of aromatic nitrogens is 2. The summed E-state index contributed by atoms with van der Waals surface area (Å²) in [6, 6.07) is 23.9. The number of nitrogens with zero attached hydrogens (tertiary/aromatic N) is 3. The van der Waals surface area contributed by atoms with Crippen LogP contribution in [0.2, 0.25) is 0 Å². The van der Waals surface area contributed by atoms with Gasteiger partial charge in [-0.25, -0.2) is 9.97 Å². The number of benzene rings is 3. The standard InChI is InChI=1S/C30H38N4/c1-3-20-34(22-24-17-18-25-12-7-8-13-26(25)21-24)23-30-32-28(15-6-4-5-11-19-31-2)27-14-9-10-16-29(27)33-30/h7-10,12-14,16-18,21,31H,3-6,11,15,19-20,22-23H2,1-2H3. The van der Waals surface area contributed by atoms with Gasteiger partial charge in [-0.15, -0.1) is 0 Å². The number of rotatable bonds is 13. The molecular weight excluding hydrogens is 416 g/mol. The van der Waals surface area contributed by atoms with Gasteiger partial charge < -0.3 is 5.32 Å². The molecule has 0 amide bonds. The average molecular weight is 455 g/mol. The van der Waals surface area contributed by atoms with Crippen LogP contribution in [0.25, 0.3) is 21.7 Å². The molecule has 1 aromatic heterocycles. The normalized spacial score (nSPS) is 11.6. The van der Waals surface area contributed by atoms with E-state index in [-0.39, 0.29) is 0 Å². The lowest BCUT2D eigenvalue weighted by Gasteiger charge is -2.22. The zero-order valence-electron chi connectivity index (χ0n) is 20.8. The summed E-state index contributed by atoms with van der Waals surface area (Å²) < 4.78 is 0. The molecule has 178 valence electrons. The van der Waals surface area contributed by atoms with E-state index in [1.165, 1.54) is 53.1 Å². The number of nitrogens with one attached hydrogen (secondary N) is 1. The molecular formula is C30H38N4. The molecule has 4 heteroatoms. The predicted molar refractivity (Wildman–Crippen MR) is 144 cm³/mol. The van der Waals surface area contributed by atoms with Crippen LogP contribution in [0.1, 0.15) is 56.1 Å². The lowest BCUT2D eigenvalue weighted by atomic mass is 10.1. The molecule has 0 saturated carbocycles. The fourth-order valence-electron chi connectivity index (χ4n) is 4.73. The molecule has 1 heterocycles. The summed E-state index contributed by atoms with van der Waals surface area (Å²) >= 11 is 0. The number of hydrogen-bond acceptors (Lipinski definition) is 4. The van der Waals surface area contributed by atoms with Crippen molar-refractivity contribution in [3.63, 3.8) is 0 Å². The van der Waals surface area contributed by atoms with Gasteiger partial charge in [-0.1, -0.05) is 74.4 Å². The van der Waals surface area contributed by atoms with Crippen molar-refractivity contribution in [1.29, 1.82) is 0 Å². The van der Waals surface area contributed by atoms with E-state index in [0.717, 1.165) is 50.4 Å². The molecule has 0 bridgehead atoms. The number of para-hydroxylation sites is 1. The van der Waals surface area contributed by atoms with Gasteiger partial charge in [-0.3, -0.25) is 4.90 Å². The second-order valence-corrected chi connectivity index (χ2v) is 9.26. The van der Waals surface area contributed by atoms with E-state index in [0.29, 0.717) is 0 Å². The van der Waals surface area contributed by atoms with Gasteiger partial charge in [0.2, 0.25) is 0 Å². The third-order valence-corrected chi connectivity index (χ3v) is 6.44. The molecule has 0 spiro atoms. The van der Waals surface area contributed by atoms with Crippen molar-refractivity contribution in [2.75, 3.05) is 20.1 Å². The minimum Gasteiger partial charge on any atom is -0.320 e. The topological polar surface area (TPSA) is 41.1 Å². The molecule has 0 unspecified atom stereocenters. The third kappa shape index (κ3) is 6.62. The predicted octanol–water partition coefficient (Wildman–Crippen LogP) is 6.52. The van der Waals surface area contributed by atoms with Gasteiger partial charge in [-0.2, -0.15) is 0 Å². The summed E-state index contributed by atoms with van der Waals surface area (Å²) in [7, 11) is 2.02. The third-order valence-electron chi connectivity index (χ3n) is 6.44. The van der Waals surface area contributed by atoms with Crippen LogP contribution in [0.5, 0.6) is 0 Å². The van der Waals surface area contributed by atoms with Crippen molar-refractivity contribution in [1.82, 2.24) is 20.2 Å². The van der Waals surface area contributed by atoms with Gasteiger partial charge in [0.25, 0.3) is 0 Å². The first-order valence-electron chi connectivity index (χ1n) is 12.9. The maximum absolute atomic E-state index is 5.08. The van der Waals surface area contributed by atoms with E-state index in [1.807, 2.05) is 7.05 Å². The molecule has 0 radical (unpaired) electrons. The zero-order chi connectivity index (χ0) is 23.6. The molecule has 3 aromatic carbocycles. The van der Waals surface area contributed by atoms with E-state index in [4.69, 9.17) is 9.97 Å². The lowest BCUT2D eigenvalue weighted by molar-refractivity contribution is 0.251. The lowest BCUT2D eigenvalue weighted by Crippen LogP contribution is -2.25. The minimum absolute atomic E-state index is 0.778. The SMILES string of the molecule is CCCN(Cc1ccc2ccccc2c1)Cc1nc(CCCCCCNC)c2ccccc2n1. The summed E-state index contributed by atoms with van der Waals surface area (Å²) in [5.74, 6) is 0.943. The Labute approximate surface area is 204 Å². The first-order chi connectivity index (χ1) is 16.8. The molecule has 0 atom stereocenters. The summed E-state index contributed by atoms with van der Waals surface area (Å²) in [6.45, 7) is 6.07. The highest BCUT2D eigenvalue weighted by Gasteiger charge is 2.12. The molecule has 0 fully saturated rings.